The summed E-state index contributed by atoms with van der Waals surface area (Å²) in [6.45, 7) is 2.01. The molecule has 0 radical (unpaired) electrons. The van der Waals surface area contributed by atoms with Crippen LogP contribution in [0.2, 0.25) is 0 Å². The van der Waals surface area contributed by atoms with Crippen LogP contribution < -0.4 is 5.73 Å². The molecule has 2 N–H and O–H groups in total. The molecule has 4 nitrogen and oxygen atoms in total. The number of benzene rings is 2. The Kier molecular flexibility index (Phi) is 4.15. The highest BCUT2D eigenvalue weighted by Crippen LogP contribution is 2.31. The van der Waals surface area contributed by atoms with Crippen molar-refractivity contribution in [2.24, 2.45) is 5.73 Å². The van der Waals surface area contributed by atoms with Gasteiger partial charge in [0.05, 0.1) is 6.54 Å². The molecule has 0 bridgehead atoms. The van der Waals surface area contributed by atoms with E-state index in [-0.39, 0.29) is 18.5 Å². The van der Waals surface area contributed by atoms with Crippen LogP contribution >= 0.6 is 0 Å². The van der Waals surface area contributed by atoms with Gasteiger partial charge in [-0.3, -0.25) is 9.59 Å². The maximum absolute atomic E-state index is 12.9. The summed E-state index contributed by atoms with van der Waals surface area (Å²) in [5.41, 5.74) is 8.97. The van der Waals surface area contributed by atoms with Gasteiger partial charge >= 0.3 is 0 Å². The van der Waals surface area contributed by atoms with Crippen molar-refractivity contribution >= 4 is 11.8 Å². The van der Waals surface area contributed by atoms with E-state index >= 15 is 0 Å². The van der Waals surface area contributed by atoms with Gasteiger partial charge in [-0.25, -0.2) is 0 Å². The van der Waals surface area contributed by atoms with Crippen molar-refractivity contribution in [3.05, 3.63) is 59.7 Å². The minimum atomic E-state index is -0.474. The highest BCUT2D eigenvalue weighted by Gasteiger charge is 2.34. The quantitative estimate of drug-likeness (QED) is 0.923. The van der Waals surface area contributed by atoms with Gasteiger partial charge in [0, 0.05) is 11.6 Å². The number of nitrogens with two attached hydrogens (primary N) is 1. The molecule has 118 valence electrons. The van der Waals surface area contributed by atoms with Gasteiger partial charge in [-0.05, 0) is 37.0 Å². The zero-order valence-corrected chi connectivity index (χ0v) is 13.2. The van der Waals surface area contributed by atoms with Gasteiger partial charge in [-0.15, -0.1) is 0 Å². The van der Waals surface area contributed by atoms with Gasteiger partial charge in [0.2, 0.25) is 5.91 Å². The average molecular weight is 308 g/mol. The van der Waals surface area contributed by atoms with Crippen LogP contribution in [0, 0.1) is 6.92 Å². The van der Waals surface area contributed by atoms with Gasteiger partial charge in [-0.1, -0.05) is 48.0 Å². The Morgan fingerprint density at radius 1 is 1.09 bits per heavy atom. The van der Waals surface area contributed by atoms with E-state index < -0.39 is 5.91 Å². The van der Waals surface area contributed by atoms with Crippen molar-refractivity contribution < 1.29 is 9.59 Å². The van der Waals surface area contributed by atoms with Crippen LogP contribution in [-0.2, 0) is 4.79 Å². The molecule has 0 heterocycles. The van der Waals surface area contributed by atoms with Crippen LogP contribution in [0.3, 0.4) is 0 Å². The fraction of sp³-hybridized carbons (Fsp3) is 0.263. The molecule has 0 aromatic heterocycles. The summed E-state index contributed by atoms with van der Waals surface area (Å²) in [6.07, 6.45) is 1.87. The van der Waals surface area contributed by atoms with Crippen LogP contribution in [0.4, 0.5) is 0 Å². The Bertz CT molecular complexity index is 733. The molecule has 1 aliphatic rings. The van der Waals surface area contributed by atoms with E-state index in [2.05, 4.69) is 0 Å². The number of hydrogen-bond donors (Lipinski definition) is 1. The number of hydrogen-bond acceptors (Lipinski definition) is 2. The van der Waals surface area contributed by atoms with Gasteiger partial charge in [0.1, 0.15) is 0 Å². The summed E-state index contributed by atoms with van der Waals surface area (Å²) < 4.78 is 0. The average Bonchev–Trinajstić information content (AvgIpc) is 3.37. The standard InChI is InChI=1S/C19H20N2O2/c1-13-6-8-14(9-7-13)16-4-2-3-5-17(16)19(23)21(12-18(20)22)15-10-11-15/h2-9,15H,10-12H2,1H3,(H2,20,22). The van der Waals surface area contributed by atoms with E-state index in [4.69, 9.17) is 5.73 Å². The SMILES string of the molecule is Cc1ccc(-c2ccccc2C(=O)N(CC(N)=O)C2CC2)cc1. The molecule has 1 aliphatic carbocycles. The van der Waals surface area contributed by atoms with E-state index in [0.29, 0.717) is 5.56 Å². The fourth-order valence-corrected chi connectivity index (χ4v) is 2.73. The first-order valence-electron chi connectivity index (χ1n) is 7.81. The number of rotatable bonds is 5. The van der Waals surface area contributed by atoms with Crippen LogP contribution in [0.1, 0.15) is 28.8 Å². The number of primary amides is 1. The van der Waals surface area contributed by atoms with Crippen LogP contribution in [-0.4, -0.2) is 29.3 Å². The smallest absolute Gasteiger partial charge is 0.255 e. The molecule has 0 atom stereocenters. The van der Waals surface area contributed by atoms with Crippen molar-refractivity contribution in [3.63, 3.8) is 0 Å². The van der Waals surface area contributed by atoms with Crippen molar-refractivity contribution in [1.29, 1.82) is 0 Å². The molecule has 23 heavy (non-hydrogen) atoms. The lowest BCUT2D eigenvalue weighted by molar-refractivity contribution is -0.118. The lowest BCUT2D eigenvalue weighted by Crippen LogP contribution is -2.40. The fourth-order valence-electron chi connectivity index (χ4n) is 2.73. The van der Waals surface area contributed by atoms with E-state index in [9.17, 15) is 9.59 Å². The van der Waals surface area contributed by atoms with Gasteiger partial charge in [0.25, 0.3) is 5.91 Å². The maximum atomic E-state index is 12.9. The molecule has 2 aromatic carbocycles. The normalized spacial score (nSPS) is 13.6. The van der Waals surface area contributed by atoms with Gasteiger partial charge in [-0.2, -0.15) is 0 Å². The summed E-state index contributed by atoms with van der Waals surface area (Å²) in [7, 11) is 0. The van der Waals surface area contributed by atoms with E-state index in [1.54, 1.807) is 4.90 Å². The Hall–Kier alpha value is -2.62. The minimum absolute atomic E-state index is 0.0221. The van der Waals surface area contributed by atoms with E-state index in [1.165, 1.54) is 5.56 Å². The second kappa shape index (κ2) is 6.24. The topological polar surface area (TPSA) is 63.4 Å². The molecule has 0 unspecified atom stereocenters. The van der Waals surface area contributed by atoms with Crippen molar-refractivity contribution in [2.75, 3.05) is 6.54 Å². The summed E-state index contributed by atoms with van der Waals surface area (Å²) in [5, 5.41) is 0. The summed E-state index contributed by atoms with van der Waals surface area (Å²) in [5.74, 6) is -0.597. The van der Waals surface area contributed by atoms with Crippen LogP contribution in [0.5, 0.6) is 0 Å². The van der Waals surface area contributed by atoms with Crippen molar-refractivity contribution in [3.8, 4) is 11.1 Å². The lowest BCUT2D eigenvalue weighted by atomic mass is 9.98. The third-order valence-corrected chi connectivity index (χ3v) is 4.09. The number of carbonyl (C=O) groups is 2. The monoisotopic (exact) mass is 308 g/mol. The Morgan fingerprint density at radius 3 is 2.35 bits per heavy atom. The molecule has 4 heteroatoms. The lowest BCUT2D eigenvalue weighted by Gasteiger charge is -2.22. The van der Waals surface area contributed by atoms with E-state index in [0.717, 1.165) is 24.0 Å². The number of carbonyl (C=O) groups excluding carboxylic acids is 2. The molecule has 2 aromatic rings. The first-order valence-corrected chi connectivity index (χ1v) is 7.81. The first kappa shape index (κ1) is 15.3. The molecule has 3 rings (SSSR count). The predicted molar refractivity (Wildman–Crippen MR) is 89.9 cm³/mol. The minimum Gasteiger partial charge on any atom is -0.368 e. The van der Waals surface area contributed by atoms with Crippen LogP contribution in [0.15, 0.2) is 48.5 Å². The molecular formula is C19H20N2O2. The second-order valence-corrected chi connectivity index (χ2v) is 6.04. The highest BCUT2D eigenvalue weighted by atomic mass is 16.2. The Balaban J connectivity index is 1.97. The highest BCUT2D eigenvalue weighted by molar-refractivity contribution is 6.02. The number of nitrogens with zero attached hydrogens (tertiary/aromatic N) is 1. The summed E-state index contributed by atoms with van der Waals surface area (Å²) >= 11 is 0. The summed E-state index contributed by atoms with van der Waals surface area (Å²) in [6, 6.07) is 15.7. The number of aryl methyl sites for hydroxylation is 1. The maximum Gasteiger partial charge on any atom is 0.255 e. The molecule has 0 spiro atoms. The molecule has 1 saturated carbocycles. The summed E-state index contributed by atoms with van der Waals surface area (Å²) in [4.78, 5) is 25.8. The Labute approximate surface area is 135 Å². The molecule has 2 amide bonds. The molecular weight excluding hydrogens is 288 g/mol. The number of amides is 2. The van der Waals surface area contributed by atoms with Crippen LogP contribution in [0.25, 0.3) is 11.1 Å². The zero-order valence-electron chi connectivity index (χ0n) is 13.2. The van der Waals surface area contributed by atoms with E-state index in [1.807, 2.05) is 55.5 Å². The molecule has 1 fully saturated rings. The van der Waals surface area contributed by atoms with Crippen molar-refractivity contribution in [1.82, 2.24) is 4.90 Å². The zero-order chi connectivity index (χ0) is 16.4. The molecule has 0 aliphatic heterocycles. The van der Waals surface area contributed by atoms with Gasteiger partial charge in [0.15, 0.2) is 0 Å². The Morgan fingerprint density at radius 2 is 1.74 bits per heavy atom. The first-order chi connectivity index (χ1) is 11.1. The van der Waals surface area contributed by atoms with Gasteiger partial charge < -0.3 is 10.6 Å². The van der Waals surface area contributed by atoms with Crippen molar-refractivity contribution in [2.45, 2.75) is 25.8 Å². The largest absolute Gasteiger partial charge is 0.368 e. The third-order valence-electron chi connectivity index (χ3n) is 4.09. The molecule has 0 saturated heterocycles. The predicted octanol–water partition coefficient (Wildman–Crippen LogP) is 2.75. The second-order valence-electron chi connectivity index (χ2n) is 6.04. The third kappa shape index (κ3) is 3.42.